The van der Waals surface area contributed by atoms with E-state index in [0.29, 0.717) is 5.56 Å². The third kappa shape index (κ3) is 3.74. The van der Waals surface area contributed by atoms with Gasteiger partial charge in [0, 0.05) is 28.1 Å². The van der Waals surface area contributed by atoms with Crippen molar-refractivity contribution in [3.63, 3.8) is 0 Å². The molecule has 0 atom stereocenters. The highest BCUT2D eigenvalue weighted by Crippen LogP contribution is 2.56. The van der Waals surface area contributed by atoms with Crippen LogP contribution in [-0.4, -0.2) is 17.9 Å². The zero-order valence-corrected chi connectivity index (χ0v) is 18.2. The highest BCUT2D eigenvalue weighted by atomic mass is 16.5. The second-order valence-corrected chi connectivity index (χ2v) is 9.14. The van der Waals surface area contributed by atoms with Crippen molar-refractivity contribution in [2.75, 3.05) is 5.32 Å². The third-order valence-corrected chi connectivity index (χ3v) is 6.27. The predicted molar refractivity (Wildman–Crippen MR) is 116 cm³/mol. The number of ether oxygens (including phenoxy) is 1. The summed E-state index contributed by atoms with van der Waals surface area (Å²) in [7, 11) is 0. The number of Topliss-reactive ketones (excluding diaryl/α,β-unsaturated/α-hetero) is 1. The van der Waals surface area contributed by atoms with Crippen molar-refractivity contribution >= 4 is 11.5 Å². The third-order valence-electron chi connectivity index (χ3n) is 6.27. The second-order valence-electron chi connectivity index (χ2n) is 9.14. The Labute approximate surface area is 173 Å². The molecule has 0 spiro atoms. The number of nitrogens with one attached hydrogen (secondary N) is 1. The van der Waals surface area contributed by atoms with E-state index >= 15 is 0 Å². The molecule has 0 amide bonds. The van der Waals surface area contributed by atoms with Crippen LogP contribution in [0.5, 0.6) is 5.75 Å². The molecule has 2 aromatic carbocycles. The topological polar surface area (TPSA) is 62.1 Å². The molecule has 1 aliphatic rings. The Morgan fingerprint density at radius 2 is 1.72 bits per heavy atom. The molecule has 0 saturated heterocycles. The molecule has 0 bridgehead atoms. The fourth-order valence-electron chi connectivity index (χ4n) is 4.95. The van der Waals surface area contributed by atoms with Crippen LogP contribution in [-0.2, 0) is 6.42 Å². The zero-order valence-electron chi connectivity index (χ0n) is 18.2. The van der Waals surface area contributed by atoms with Gasteiger partial charge >= 0.3 is 0 Å². The minimum atomic E-state index is -0.0942. The van der Waals surface area contributed by atoms with Gasteiger partial charge in [-0.2, -0.15) is 5.26 Å². The van der Waals surface area contributed by atoms with E-state index in [2.05, 4.69) is 46.0 Å². The lowest BCUT2D eigenvalue weighted by Crippen LogP contribution is -2.72. The normalized spacial score (nSPS) is 21.6. The number of aryl methyl sites for hydroxylation is 1. The maximum Gasteiger partial charge on any atom is 0.159 e. The van der Waals surface area contributed by atoms with E-state index in [9.17, 15) is 10.1 Å². The number of ketones is 1. The molecule has 0 heterocycles. The number of anilines is 1. The summed E-state index contributed by atoms with van der Waals surface area (Å²) in [5.74, 6) is 0.888. The molecule has 0 radical (unpaired) electrons. The van der Waals surface area contributed by atoms with Crippen molar-refractivity contribution in [3.8, 4) is 11.8 Å². The van der Waals surface area contributed by atoms with Gasteiger partial charge in [0.25, 0.3) is 0 Å². The number of hydrogen-bond acceptors (Lipinski definition) is 4. The molecule has 1 saturated carbocycles. The highest BCUT2D eigenvalue weighted by molar-refractivity contribution is 5.94. The number of rotatable bonds is 6. The van der Waals surface area contributed by atoms with Gasteiger partial charge in [0.1, 0.15) is 11.9 Å². The van der Waals surface area contributed by atoms with Gasteiger partial charge in [-0.05, 0) is 61.4 Å². The van der Waals surface area contributed by atoms with E-state index in [1.165, 1.54) is 0 Å². The largest absolute Gasteiger partial charge is 0.489 e. The summed E-state index contributed by atoms with van der Waals surface area (Å²) in [6, 6.07) is 15.8. The van der Waals surface area contributed by atoms with Gasteiger partial charge in [0.15, 0.2) is 5.78 Å². The van der Waals surface area contributed by atoms with Crippen LogP contribution in [0.2, 0.25) is 0 Å². The summed E-state index contributed by atoms with van der Waals surface area (Å²) in [6.07, 6.45) is 0.833. The zero-order chi connectivity index (χ0) is 21.4. The van der Waals surface area contributed by atoms with Gasteiger partial charge < -0.3 is 10.1 Å². The molecule has 4 nitrogen and oxygen atoms in total. The first kappa shape index (κ1) is 20.9. The molecule has 152 valence electrons. The Morgan fingerprint density at radius 1 is 1.10 bits per heavy atom. The van der Waals surface area contributed by atoms with Crippen LogP contribution < -0.4 is 10.1 Å². The quantitative estimate of drug-likeness (QED) is 0.651. The number of carbonyl (C=O) groups is 1. The predicted octanol–water partition coefficient (Wildman–Crippen LogP) is 5.62. The SMILES string of the molecule is CCc1cc(OC2C(C)(C)C(Nc3ccc(C(C)=O)cc3)C2(C)C)ccc1C#N. The average molecular weight is 391 g/mol. The molecule has 0 aliphatic heterocycles. The fourth-order valence-corrected chi connectivity index (χ4v) is 4.95. The summed E-state index contributed by atoms with van der Waals surface area (Å²) in [4.78, 5) is 11.5. The molecule has 3 rings (SSSR count). The summed E-state index contributed by atoms with van der Waals surface area (Å²) >= 11 is 0. The van der Waals surface area contributed by atoms with Crippen molar-refractivity contribution in [1.82, 2.24) is 0 Å². The van der Waals surface area contributed by atoms with Crippen LogP contribution in [0, 0.1) is 22.2 Å². The molecule has 1 aliphatic carbocycles. The van der Waals surface area contributed by atoms with Gasteiger partial charge in [-0.1, -0.05) is 34.6 Å². The van der Waals surface area contributed by atoms with Crippen LogP contribution in [0.15, 0.2) is 42.5 Å². The van der Waals surface area contributed by atoms with Gasteiger partial charge in [0.05, 0.1) is 11.6 Å². The maximum absolute atomic E-state index is 11.5. The van der Waals surface area contributed by atoms with Crippen molar-refractivity contribution in [2.45, 2.75) is 60.1 Å². The van der Waals surface area contributed by atoms with E-state index in [-0.39, 0.29) is 28.8 Å². The first-order chi connectivity index (χ1) is 13.6. The van der Waals surface area contributed by atoms with Crippen LogP contribution in [0.4, 0.5) is 5.69 Å². The molecule has 0 aromatic heterocycles. The fraction of sp³-hybridized carbons (Fsp3) is 0.440. The lowest BCUT2D eigenvalue weighted by atomic mass is 9.49. The number of nitrogens with zero attached hydrogens (tertiary/aromatic N) is 1. The minimum Gasteiger partial charge on any atom is -0.489 e. The van der Waals surface area contributed by atoms with Gasteiger partial charge in [-0.3, -0.25) is 4.79 Å². The van der Waals surface area contributed by atoms with Crippen molar-refractivity contribution < 1.29 is 9.53 Å². The van der Waals surface area contributed by atoms with Crippen LogP contribution in [0.25, 0.3) is 0 Å². The Hall–Kier alpha value is -2.80. The molecular formula is C25H30N2O2. The Morgan fingerprint density at radius 3 is 2.24 bits per heavy atom. The molecule has 2 aromatic rings. The number of benzene rings is 2. The van der Waals surface area contributed by atoms with E-state index in [0.717, 1.165) is 29.0 Å². The first-order valence-electron chi connectivity index (χ1n) is 10.2. The average Bonchev–Trinajstić information content (AvgIpc) is 2.69. The van der Waals surface area contributed by atoms with Crippen LogP contribution in [0.3, 0.4) is 0 Å². The lowest BCUT2D eigenvalue weighted by Gasteiger charge is -2.63. The highest BCUT2D eigenvalue weighted by Gasteiger charge is 2.63. The Kier molecular flexibility index (Phi) is 5.45. The maximum atomic E-state index is 11.5. The summed E-state index contributed by atoms with van der Waals surface area (Å²) in [5.41, 5.74) is 3.26. The lowest BCUT2D eigenvalue weighted by molar-refractivity contribution is -0.147. The van der Waals surface area contributed by atoms with Gasteiger partial charge in [0.2, 0.25) is 0 Å². The van der Waals surface area contributed by atoms with Crippen LogP contribution in [0.1, 0.15) is 63.0 Å². The first-order valence-corrected chi connectivity index (χ1v) is 10.2. The smallest absolute Gasteiger partial charge is 0.159 e. The van der Waals surface area contributed by atoms with E-state index in [4.69, 9.17) is 4.74 Å². The minimum absolute atomic E-state index is 0.0293. The van der Waals surface area contributed by atoms with Crippen molar-refractivity contribution in [3.05, 3.63) is 59.2 Å². The van der Waals surface area contributed by atoms with Gasteiger partial charge in [-0.15, -0.1) is 0 Å². The summed E-state index contributed by atoms with van der Waals surface area (Å²) in [6.45, 7) is 12.5. The monoisotopic (exact) mass is 390 g/mol. The van der Waals surface area contributed by atoms with E-state index in [1.54, 1.807) is 6.92 Å². The molecular weight excluding hydrogens is 360 g/mol. The molecule has 1 N–H and O–H groups in total. The molecule has 29 heavy (non-hydrogen) atoms. The Bertz CT molecular complexity index is 936. The van der Waals surface area contributed by atoms with Crippen LogP contribution >= 0.6 is 0 Å². The van der Waals surface area contributed by atoms with Gasteiger partial charge in [-0.25, -0.2) is 0 Å². The van der Waals surface area contributed by atoms with Crippen molar-refractivity contribution in [1.29, 1.82) is 5.26 Å². The molecule has 1 fully saturated rings. The van der Waals surface area contributed by atoms with Crippen molar-refractivity contribution in [2.24, 2.45) is 10.8 Å². The molecule has 4 heteroatoms. The number of hydrogen-bond donors (Lipinski definition) is 1. The van der Waals surface area contributed by atoms with E-state index in [1.807, 2.05) is 42.5 Å². The summed E-state index contributed by atoms with van der Waals surface area (Å²) < 4.78 is 6.45. The standard InChI is InChI=1S/C25H30N2O2/c1-7-17-14-21(13-10-19(17)15-26)29-23-24(3,4)22(25(23,5)6)27-20-11-8-18(9-12-20)16(2)28/h8-14,22-23,27H,7H2,1-6H3. The molecule has 0 unspecified atom stereocenters. The number of carbonyl (C=O) groups excluding carboxylic acids is 1. The Balaban J connectivity index is 1.78. The summed E-state index contributed by atoms with van der Waals surface area (Å²) in [5, 5.41) is 12.9. The van der Waals surface area contributed by atoms with E-state index < -0.39 is 0 Å². The number of nitriles is 1. The second kappa shape index (κ2) is 7.55.